The molecule has 0 radical (unpaired) electrons. The summed E-state index contributed by atoms with van der Waals surface area (Å²) in [6.45, 7) is -2.41. The predicted octanol–water partition coefficient (Wildman–Crippen LogP) is 16.4. The maximum Gasteiger partial charge on any atom is 0.0708 e. The molecule has 1 saturated carbocycles. The van der Waals surface area contributed by atoms with Gasteiger partial charge in [-0.15, -0.1) is 0 Å². The molecular weight excluding hydrogens is 811 g/mol. The van der Waals surface area contributed by atoms with Crippen LogP contribution in [-0.4, -0.2) is 15.0 Å². The van der Waals surface area contributed by atoms with Gasteiger partial charge in [-0.25, -0.2) is 0 Å². The second-order valence-corrected chi connectivity index (χ2v) is 17.9. The van der Waals surface area contributed by atoms with Crippen LogP contribution >= 0.6 is 0 Å². The molecule has 0 N–H and O–H groups in total. The first-order valence-electron chi connectivity index (χ1n) is 27.1. The van der Waals surface area contributed by atoms with Crippen LogP contribution in [0.15, 0.2) is 213 Å². The molecule has 3 heterocycles. The maximum atomic E-state index is 10.0. The molecule has 330 valence electrons. The van der Waals surface area contributed by atoms with E-state index >= 15 is 0 Å². The summed E-state index contributed by atoms with van der Waals surface area (Å²) in [6.07, 6.45) is 5.37. The Labute approximate surface area is 407 Å². The van der Waals surface area contributed by atoms with Gasteiger partial charge in [0.15, 0.2) is 0 Å². The van der Waals surface area contributed by atoms with E-state index in [4.69, 9.17) is 19.1 Å². The first-order chi connectivity index (χ1) is 35.8. The van der Waals surface area contributed by atoms with Gasteiger partial charge in [-0.3, -0.25) is 15.0 Å². The van der Waals surface area contributed by atoms with Crippen LogP contribution in [0.3, 0.4) is 0 Å². The van der Waals surface area contributed by atoms with Gasteiger partial charge in [-0.05, 0) is 162 Å². The molecule has 3 nitrogen and oxygen atoms in total. The van der Waals surface area contributed by atoms with Crippen LogP contribution in [0, 0.1) is 24.6 Å². The van der Waals surface area contributed by atoms with E-state index in [0.29, 0.717) is 41.6 Å². The number of hydrogen-bond donors (Lipinski definition) is 0. The first-order valence-corrected chi connectivity index (χ1v) is 23.6. The number of aryl methyl sites for hydroxylation is 4. The van der Waals surface area contributed by atoms with Gasteiger partial charge in [0.05, 0.1) is 17.1 Å². The lowest BCUT2D eigenvalue weighted by molar-refractivity contribution is 0.172. The molecule has 1 aliphatic carbocycles. The number of pyridine rings is 3. The van der Waals surface area contributed by atoms with Gasteiger partial charge in [0.2, 0.25) is 0 Å². The summed E-state index contributed by atoms with van der Waals surface area (Å²) >= 11 is 0. The SMILES string of the molecule is [2H]C([2H])([2H])c1cc(-c2cc(-c3ccccc3)ncc2CC([2H])([2H])C2CC(CCc3ccc(-c4ccccc4)nc3)CC(C([2H])([2H])Cc3ccc(-c4cccc(-c5ccccc5)c4)nc3)C2)ccc1-c1ccccc1. The molecule has 0 amide bonds. The number of hydrogen-bond acceptors (Lipinski definition) is 3. The van der Waals surface area contributed by atoms with Crippen LogP contribution < -0.4 is 0 Å². The maximum absolute atomic E-state index is 10.0. The third-order valence-electron chi connectivity index (χ3n) is 13.3. The van der Waals surface area contributed by atoms with Gasteiger partial charge < -0.3 is 0 Å². The van der Waals surface area contributed by atoms with Crippen LogP contribution in [0.5, 0.6) is 0 Å². The molecule has 1 aliphatic rings. The summed E-state index contributed by atoms with van der Waals surface area (Å²) in [5.41, 5.74) is 13.2. The molecule has 3 atom stereocenters. The third kappa shape index (κ3) is 10.9. The van der Waals surface area contributed by atoms with Crippen molar-refractivity contribution in [3.63, 3.8) is 0 Å². The number of nitrogens with zero attached hydrogens (tertiary/aromatic N) is 3. The Morgan fingerprint density at radius 1 is 0.403 bits per heavy atom. The summed E-state index contributed by atoms with van der Waals surface area (Å²) in [7, 11) is 0. The van der Waals surface area contributed by atoms with Crippen molar-refractivity contribution in [2.45, 2.75) is 64.5 Å². The van der Waals surface area contributed by atoms with E-state index in [0.717, 1.165) is 74.3 Å². The topological polar surface area (TPSA) is 38.7 Å². The highest BCUT2D eigenvalue weighted by atomic mass is 14.7. The largest absolute Gasteiger partial charge is 0.256 e. The van der Waals surface area contributed by atoms with E-state index < -0.39 is 31.4 Å². The van der Waals surface area contributed by atoms with Crippen LogP contribution in [0.25, 0.3) is 67.2 Å². The minimum atomic E-state index is -2.41. The Balaban J connectivity index is 0.948. The monoisotopic (exact) mass is 877 g/mol. The standard InChI is InChI=1S/C64H59N3/c1-46-37-57(33-34-60(46)53-17-8-3-9-18-53)61-42-64(55-21-12-5-13-22-55)67-45-59(61)32-29-51-39-49(27-25-47-30-35-62(65-43-47)54-19-10-4-11-20-54)38-50(40-51)28-26-48-31-36-63(66-44-48)58-24-14-23-56(41-58)52-15-6-2-7-16-52/h2-24,30-31,33-37,41-45,49-51H,25-29,32,38-40H2,1H3/i1D3,28D2,29D2. The van der Waals surface area contributed by atoms with Gasteiger partial charge in [0, 0.05) is 44.9 Å². The van der Waals surface area contributed by atoms with Gasteiger partial charge in [0.1, 0.15) is 0 Å². The quantitative estimate of drug-likeness (QED) is 0.103. The van der Waals surface area contributed by atoms with Crippen LogP contribution in [-0.2, 0) is 19.3 Å². The Morgan fingerprint density at radius 2 is 0.940 bits per heavy atom. The van der Waals surface area contributed by atoms with Gasteiger partial charge in [-0.1, -0.05) is 170 Å². The predicted molar refractivity (Wildman–Crippen MR) is 279 cm³/mol. The molecule has 67 heavy (non-hydrogen) atoms. The van der Waals surface area contributed by atoms with E-state index in [1.807, 2.05) is 158 Å². The van der Waals surface area contributed by atoms with Gasteiger partial charge in [0.25, 0.3) is 0 Å². The lowest BCUT2D eigenvalue weighted by Gasteiger charge is -2.35. The molecular formula is C64H59N3. The average Bonchev–Trinajstić information content (AvgIpc) is 3.43. The Hall–Kier alpha value is -7.23. The zero-order valence-corrected chi connectivity index (χ0v) is 37.7. The molecule has 9 aromatic rings. The lowest BCUT2D eigenvalue weighted by Crippen LogP contribution is -2.24. The van der Waals surface area contributed by atoms with Crippen molar-refractivity contribution < 1.29 is 9.60 Å². The van der Waals surface area contributed by atoms with Crippen molar-refractivity contribution in [1.82, 2.24) is 15.0 Å². The first kappa shape index (κ1) is 36.0. The Morgan fingerprint density at radius 3 is 1.58 bits per heavy atom. The normalized spacial score (nSPS) is 18.0. The zero-order chi connectivity index (χ0) is 51.3. The van der Waals surface area contributed by atoms with E-state index in [9.17, 15) is 5.48 Å². The summed E-state index contributed by atoms with van der Waals surface area (Å²) in [5, 5.41) is 0. The van der Waals surface area contributed by atoms with Crippen molar-refractivity contribution in [3.05, 3.63) is 235 Å². The lowest BCUT2D eigenvalue weighted by atomic mass is 9.70. The number of benzene rings is 6. The molecule has 3 aromatic heterocycles. The fourth-order valence-corrected chi connectivity index (χ4v) is 9.68. The zero-order valence-electron chi connectivity index (χ0n) is 44.7. The second kappa shape index (κ2) is 20.9. The van der Waals surface area contributed by atoms with E-state index in [2.05, 4.69) is 36.4 Å². The molecule has 1 fully saturated rings. The van der Waals surface area contributed by atoms with E-state index in [1.54, 1.807) is 18.5 Å². The molecule has 0 aliphatic heterocycles. The smallest absolute Gasteiger partial charge is 0.0708 e. The summed E-state index contributed by atoms with van der Waals surface area (Å²) in [4.78, 5) is 14.5. The highest BCUT2D eigenvalue weighted by molar-refractivity contribution is 5.78. The minimum Gasteiger partial charge on any atom is -0.256 e. The second-order valence-electron chi connectivity index (χ2n) is 17.9. The molecule has 6 aromatic carbocycles. The van der Waals surface area contributed by atoms with Crippen molar-refractivity contribution in [1.29, 1.82) is 0 Å². The van der Waals surface area contributed by atoms with E-state index in [1.165, 1.54) is 0 Å². The van der Waals surface area contributed by atoms with Crippen LogP contribution in [0.4, 0.5) is 0 Å². The highest BCUT2D eigenvalue weighted by Crippen LogP contribution is 2.41. The summed E-state index contributed by atoms with van der Waals surface area (Å²) < 4.78 is 65.4. The van der Waals surface area contributed by atoms with Crippen molar-refractivity contribution in [2.24, 2.45) is 17.8 Å². The molecule has 3 unspecified atom stereocenters. The molecule has 3 heteroatoms. The van der Waals surface area contributed by atoms with Crippen molar-refractivity contribution >= 4 is 0 Å². The molecule has 0 spiro atoms. The average molecular weight is 877 g/mol. The highest BCUT2D eigenvalue weighted by Gasteiger charge is 2.29. The fraction of sp³-hybridized carbons (Fsp3) is 0.203. The number of rotatable bonds is 15. The third-order valence-corrected chi connectivity index (χ3v) is 13.3. The fourth-order valence-electron chi connectivity index (χ4n) is 9.68. The van der Waals surface area contributed by atoms with Crippen LogP contribution in [0.2, 0.25) is 0 Å². The molecule has 10 rings (SSSR count). The van der Waals surface area contributed by atoms with Gasteiger partial charge in [-0.2, -0.15) is 0 Å². The van der Waals surface area contributed by atoms with Crippen molar-refractivity contribution in [2.75, 3.05) is 0 Å². The van der Waals surface area contributed by atoms with Gasteiger partial charge >= 0.3 is 0 Å². The van der Waals surface area contributed by atoms with Crippen molar-refractivity contribution in [3.8, 4) is 67.2 Å². The molecule has 0 bridgehead atoms. The van der Waals surface area contributed by atoms with E-state index in [-0.39, 0.29) is 24.3 Å². The summed E-state index contributed by atoms with van der Waals surface area (Å²) in [6, 6.07) is 63.6. The summed E-state index contributed by atoms with van der Waals surface area (Å²) in [5.74, 6) is -0.842. The molecule has 0 saturated heterocycles. The number of aromatic nitrogens is 3. The Bertz CT molecular complexity index is 3290. The minimum absolute atomic E-state index is 0.0166. The Kier molecular flexibility index (Phi) is 11.2. The van der Waals surface area contributed by atoms with Crippen LogP contribution in [0.1, 0.15) is 70.3 Å².